The van der Waals surface area contributed by atoms with Crippen LogP contribution in [0.5, 0.6) is 11.5 Å². The number of thiocarbonyl (C=S) groups is 1. The lowest BCUT2D eigenvalue weighted by atomic mass is 10.1. The number of hydrogen-bond acceptors (Lipinski definition) is 9. The fraction of sp³-hybridized carbons (Fsp3) is 0.103. The van der Waals surface area contributed by atoms with Crippen LogP contribution < -0.4 is 19.9 Å². The molecule has 0 unspecified atom stereocenters. The number of non-ortho nitro benzene ring substituents is 1. The van der Waals surface area contributed by atoms with Crippen LogP contribution in [-0.2, 0) is 11.8 Å². The summed E-state index contributed by atoms with van der Waals surface area (Å²) in [7, 11) is 3.12. The van der Waals surface area contributed by atoms with E-state index in [2.05, 4.69) is 0 Å². The van der Waals surface area contributed by atoms with Crippen LogP contribution in [-0.4, -0.2) is 37.6 Å². The average Bonchev–Trinajstić information content (AvgIpc) is 3.38. The maximum Gasteiger partial charge on any atom is 0.343 e. The quantitative estimate of drug-likeness (QED) is 0.0715. The fourth-order valence-electron chi connectivity index (χ4n) is 4.39. The highest BCUT2D eigenvalue weighted by molar-refractivity contribution is 8.27. The van der Waals surface area contributed by atoms with Gasteiger partial charge in [0.2, 0.25) is 0 Å². The molecule has 1 saturated heterocycles. The van der Waals surface area contributed by atoms with Gasteiger partial charge < -0.3 is 9.47 Å². The molecular weight excluding hydrogens is 580 g/mol. The number of anilines is 1. The molecule has 1 aromatic heterocycles. The summed E-state index contributed by atoms with van der Waals surface area (Å²) in [6.45, 7) is 1.75. The molecule has 13 heteroatoms. The summed E-state index contributed by atoms with van der Waals surface area (Å²) in [4.78, 5) is 51.6. The third-order valence-electron chi connectivity index (χ3n) is 6.52. The Morgan fingerprint density at radius 2 is 1.76 bits per heavy atom. The Hall–Kier alpha value is -5.01. The molecule has 5 rings (SSSR count). The number of ether oxygens (including phenoxy) is 2. The molecule has 1 aliphatic rings. The molecule has 1 aliphatic heterocycles. The lowest BCUT2D eigenvalue weighted by molar-refractivity contribution is -0.384. The second-order valence-electron chi connectivity index (χ2n) is 9.03. The summed E-state index contributed by atoms with van der Waals surface area (Å²) >= 11 is 6.57. The number of methoxy groups -OCH3 is 1. The first-order chi connectivity index (χ1) is 20.1. The Labute approximate surface area is 248 Å². The number of hydrogen-bond donors (Lipinski definition) is 0. The third-order valence-corrected chi connectivity index (χ3v) is 7.82. The van der Waals surface area contributed by atoms with Crippen molar-refractivity contribution >= 4 is 57.6 Å². The largest absolute Gasteiger partial charge is 0.493 e. The second-order valence-corrected chi connectivity index (χ2v) is 10.7. The van der Waals surface area contributed by atoms with Crippen molar-refractivity contribution in [2.24, 2.45) is 7.05 Å². The summed E-state index contributed by atoms with van der Waals surface area (Å²) in [6, 6.07) is 18.9. The van der Waals surface area contributed by atoms with Crippen LogP contribution in [0.2, 0.25) is 0 Å². The number of rotatable bonds is 7. The fourth-order valence-corrected chi connectivity index (χ4v) is 5.66. The van der Waals surface area contributed by atoms with E-state index in [1.54, 1.807) is 49.0 Å². The third kappa shape index (κ3) is 5.22. The van der Waals surface area contributed by atoms with Gasteiger partial charge in [-0.05, 0) is 48.9 Å². The van der Waals surface area contributed by atoms with E-state index in [9.17, 15) is 24.5 Å². The summed E-state index contributed by atoms with van der Waals surface area (Å²) < 4.78 is 14.2. The molecule has 2 heterocycles. The molecule has 0 N–H and O–H groups in total. The van der Waals surface area contributed by atoms with Crippen molar-refractivity contribution in [1.29, 1.82) is 0 Å². The van der Waals surface area contributed by atoms with E-state index in [1.807, 2.05) is 18.2 Å². The number of nitro groups is 1. The lowest BCUT2D eigenvalue weighted by Gasteiger charge is -2.12. The van der Waals surface area contributed by atoms with Crippen molar-refractivity contribution in [3.8, 4) is 17.2 Å². The van der Waals surface area contributed by atoms with E-state index in [1.165, 1.54) is 41.0 Å². The minimum Gasteiger partial charge on any atom is -0.493 e. The second kappa shape index (κ2) is 11.5. The Morgan fingerprint density at radius 3 is 2.45 bits per heavy atom. The average molecular weight is 603 g/mol. The molecule has 0 saturated carbocycles. The molecule has 4 aromatic rings. The van der Waals surface area contributed by atoms with Crippen molar-refractivity contribution < 1.29 is 24.0 Å². The normalized spacial score (nSPS) is 14.0. The number of nitrogens with zero attached hydrogens (tertiary/aromatic N) is 4. The number of amides is 1. The topological polar surface area (TPSA) is 126 Å². The number of aromatic nitrogens is 2. The van der Waals surface area contributed by atoms with E-state index in [-0.39, 0.29) is 43.2 Å². The van der Waals surface area contributed by atoms with Gasteiger partial charge in [-0.25, -0.2) is 9.48 Å². The standard InChI is InChI=1S/C29H22N4O7S2/c1-17-25(27(35)32(30(17)2)20-9-5-4-6-10-20)31-26(34)24(42-29(31)41)15-18-12-13-22(23(14-18)39-3)40-28(36)19-8-7-11-21(16-19)33(37)38/h4-16H,1-3H3/b24-15+. The molecule has 3 aromatic carbocycles. The smallest absolute Gasteiger partial charge is 0.343 e. The van der Waals surface area contributed by atoms with Gasteiger partial charge in [-0.15, -0.1) is 0 Å². The lowest BCUT2D eigenvalue weighted by Crippen LogP contribution is -2.33. The van der Waals surface area contributed by atoms with Crippen molar-refractivity contribution in [1.82, 2.24) is 9.36 Å². The zero-order chi connectivity index (χ0) is 30.1. The zero-order valence-electron chi connectivity index (χ0n) is 22.5. The number of nitro benzene ring substituents is 1. The Balaban J connectivity index is 1.42. The van der Waals surface area contributed by atoms with Crippen LogP contribution in [0.4, 0.5) is 11.4 Å². The predicted octanol–water partition coefficient (Wildman–Crippen LogP) is 5.03. The highest BCUT2D eigenvalue weighted by Crippen LogP contribution is 2.37. The highest BCUT2D eigenvalue weighted by Gasteiger charge is 2.37. The van der Waals surface area contributed by atoms with Gasteiger partial charge in [-0.1, -0.05) is 54.3 Å². The molecule has 42 heavy (non-hydrogen) atoms. The van der Waals surface area contributed by atoms with Gasteiger partial charge in [0.25, 0.3) is 17.2 Å². The minimum absolute atomic E-state index is 0.00142. The maximum absolute atomic E-state index is 13.5. The van der Waals surface area contributed by atoms with Crippen LogP contribution in [0.1, 0.15) is 21.6 Å². The monoisotopic (exact) mass is 602 g/mol. The number of thioether (sulfide) groups is 1. The first-order valence-electron chi connectivity index (χ1n) is 12.4. The Kier molecular flexibility index (Phi) is 7.79. The number of carbonyl (C=O) groups is 2. The van der Waals surface area contributed by atoms with Gasteiger partial charge in [0, 0.05) is 19.2 Å². The van der Waals surface area contributed by atoms with Gasteiger partial charge in [0.1, 0.15) is 5.69 Å². The van der Waals surface area contributed by atoms with Crippen LogP contribution in [0.25, 0.3) is 11.8 Å². The molecule has 0 spiro atoms. The van der Waals surface area contributed by atoms with Crippen molar-refractivity contribution in [2.75, 3.05) is 12.0 Å². The SMILES string of the molecule is COc1cc(/C=C2/SC(=S)N(c3c(C)n(C)n(-c4ccccc4)c3=O)C2=O)ccc1OC(=O)c1cccc([N+](=O)[O-])c1. The minimum atomic E-state index is -0.801. The van der Waals surface area contributed by atoms with E-state index in [0.717, 1.165) is 17.8 Å². The van der Waals surface area contributed by atoms with Crippen LogP contribution >= 0.6 is 24.0 Å². The van der Waals surface area contributed by atoms with Crippen molar-refractivity contribution in [2.45, 2.75) is 6.92 Å². The summed E-state index contributed by atoms with van der Waals surface area (Å²) in [5.74, 6) is -0.969. The molecule has 1 fully saturated rings. The van der Waals surface area contributed by atoms with Gasteiger partial charge in [-0.3, -0.25) is 29.3 Å². The molecule has 0 bridgehead atoms. The number of benzene rings is 3. The molecular formula is C29H22N4O7S2. The van der Waals surface area contributed by atoms with Gasteiger partial charge in [0.05, 0.1) is 33.9 Å². The predicted molar refractivity (Wildman–Crippen MR) is 162 cm³/mol. The zero-order valence-corrected chi connectivity index (χ0v) is 24.1. The number of para-hydroxylation sites is 1. The van der Waals surface area contributed by atoms with E-state index in [4.69, 9.17) is 21.7 Å². The summed E-state index contributed by atoms with van der Waals surface area (Å²) in [5.41, 5.74) is 1.32. The Morgan fingerprint density at radius 1 is 1.02 bits per heavy atom. The van der Waals surface area contributed by atoms with Gasteiger partial charge in [0.15, 0.2) is 15.8 Å². The number of esters is 1. The summed E-state index contributed by atoms with van der Waals surface area (Å²) in [5, 5.41) is 11.0. The van der Waals surface area contributed by atoms with E-state index in [0.29, 0.717) is 16.9 Å². The molecule has 212 valence electrons. The van der Waals surface area contributed by atoms with Gasteiger partial charge in [-0.2, -0.15) is 0 Å². The van der Waals surface area contributed by atoms with Crippen LogP contribution in [0.15, 0.2) is 82.5 Å². The molecule has 0 atom stereocenters. The number of carbonyl (C=O) groups excluding carboxylic acids is 2. The van der Waals surface area contributed by atoms with E-state index < -0.39 is 16.8 Å². The molecule has 0 radical (unpaired) electrons. The van der Waals surface area contributed by atoms with Crippen LogP contribution in [0, 0.1) is 17.0 Å². The summed E-state index contributed by atoms with van der Waals surface area (Å²) in [6.07, 6.45) is 1.60. The first kappa shape index (κ1) is 28.5. The van der Waals surface area contributed by atoms with Crippen molar-refractivity contribution in [3.05, 3.63) is 115 Å². The van der Waals surface area contributed by atoms with Crippen molar-refractivity contribution in [3.63, 3.8) is 0 Å². The molecule has 1 amide bonds. The van der Waals surface area contributed by atoms with Gasteiger partial charge >= 0.3 is 5.97 Å². The first-order valence-corrected chi connectivity index (χ1v) is 13.6. The Bertz CT molecular complexity index is 1860. The molecule has 0 aliphatic carbocycles. The highest BCUT2D eigenvalue weighted by atomic mass is 32.2. The maximum atomic E-state index is 13.5. The van der Waals surface area contributed by atoms with Crippen LogP contribution in [0.3, 0.4) is 0 Å². The molecule has 11 nitrogen and oxygen atoms in total. The van der Waals surface area contributed by atoms with E-state index >= 15 is 0 Å².